The predicted octanol–water partition coefficient (Wildman–Crippen LogP) is 4.04. The van der Waals surface area contributed by atoms with E-state index >= 15 is 0 Å². The number of amides is 1. The topological polar surface area (TPSA) is 72.2 Å². The summed E-state index contributed by atoms with van der Waals surface area (Å²) in [5, 5.41) is 1.40. The molecule has 170 valence electrons. The summed E-state index contributed by atoms with van der Waals surface area (Å²) >= 11 is 0. The number of hydrogen-bond donors (Lipinski definition) is 1. The number of H-pyrrole nitrogens is 2. The minimum atomic E-state index is -4.51. The number of piperidine rings is 1. The minimum Gasteiger partial charge on any atom is -0.341 e. The van der Waals surface area contributed by atoms with Crippen LogP contribution >= 0.6 is 0 Å². The summed E-state index contributed by atoms with van der Waals surface area (Å²) in [6.07, 6.45) is 1.39. The third-order valence-electron chi connectivity index (χ3n) is 6.53. The fraction of sp³-hybridized carbons (Fsp3) is 0.292. The Morgan fingerprint density at radius 3 is 2.79 bits per heavy atom. The van der Waals surface area contributed by atoms with Gasteiger partial charge in [-0.15, -0.1) is 0 Å². The van der Waals surface area contributed by atoms with Gasteiger partial charge in [0.2, 0.25) is 0 Å². The molecule has 4 aromatic rings. The molecular formula is C24H22F3N4O2+. The Morgan fingerprint density at radius 1 is 1.18 bits per heavy atom. The molecule has 2 N–H and O–H groups in total. The first kappa shape index (κ1) is 21.2. The molecule has 0 aliphatic carbocycles. The standard InChI is InChI=1S/C24H21F3N4O2/c1-14-6-9-30(23(33)15-3-2-4-16(11-15)24(25,26)27)13-19(14)31-10-7-20(32)18-12-29-22-17(21(18)31)5-8-28-22/h2-5,7-8,10-12,14,19H,6,9,13H2,1H3,(H,28,29)/p+1. The van der Waals surface area contributed by atoms with Crippen molar-refractivity contribution in [1.29, 1.82) is 0 Å². The van der Waals surface area contributed by atoms with E-state index in [2.05, 4.69) is 16.9 Å². The van der Waals surface area contributed by atoms with E-state index < -0.39 is 17.6 Å². The van der Waals surface area contributed by atoms with Crippen molar-refractivity contribution in [2.24, 2.45) is 5.92 Å². The number of halogens is 3. The van der Waals surface area contributed by atoms with Gasteiger partial charge in [-0.3, -0.25) is 9.59 Å². The second-order valence-corrected chi connectivity index (χ2v) is 8.57. The molecule has 0 saturated carbocycles. The maximum Gasteiger partial charge on any atom is 0.416 e. The van der Waals surface area contributed by atoms with Gasteiger partial charge in [0, 0.05) is 30.9 Å². The minimum absolute atomic E-state index is 0.0190. The Hall–Kier alpha value is -3.62. The predicted molar refractivity (Wildman–Crippen MR) is 117 cm³/mol. The number of nitrogens with zero attached hydrogens (tertiary/aromatic N) is 2. The molecule has 9 heteroatoms. The van der Waals surface area contributed by atoms with Crippen LogP contribution in [0, 0.1) is 5.92 Å². The summed E-state index contributed by atoms with van der Waals surface area (Å²) < 4.78 is 41.4. The number of carbonyl (C=O) groups excluding carboxylic acids is 1. The van der Waals surface area contributed by atoms with Gasteiger partial charge < -0.3 is 9.47 Å². The molecule has 1 aromatic carbocycles. The van der Waals surface area contributed by atoms with Crippen molar-refractivity contribution in [2.45, 2.75) is 25.6 Å². The smallest absolute Gasteiger partial charge is 0.341 e. The lowest BCUT2D eigenvalue weighted by atomic mass is 9.92. The van der Waals surface area contributed by atoms with Gasteiger partial charge in [-0.25, -0.2) is 9.97 Å². The average Bonchev–Trinajstić information content (AvgIpc) is 3.28. The molecule has 4 heterocycles. The third kappa shape index (κ3) is 3.67. The van der Waals surface area contributed by atoms with Crippen LogP contribution in [0.25, 0.3) is 21.9 Å². The highest BCUT2D eigenvalue weighted by Crippen LogP contribution is 2.33. The summed E-state index contributed by atoms with van der Waals surface area (Å²) in [4.78, 5) is 33.5. The maximum atomic E-state index is 13.1. The van der Waals surface area contributed by atoms with Crippen molar-refractivity contribution in [3.05, 3.63) is 76.3 Å². The molecule has 1 saturated heterocycles. The molecule has 2 unspecified atom stereocenters. The molecule has 1 aliphatic heterocycles. The molecule has 1 fully saturated rings. The molecule has 0 radical (unpaired) electrons. The van der Waals surface area contributed by atoms with E-state index in [9.17, 15) is 22.8 Å². The SMILES string of the molecule is CC1CCN(C(=O)c2cccc(C(F)(F)F)c2)CC1n1ccc(=O)c2c[nH+]c3[nH]ccc3c21. The lowest BCUT2D eigenvalue weighted by Crippen LogP contribution is -2.44. The van der Waals surface area contributed by atoms with Crippen LogP contribution in [0.5, 0.6) is 0 Å². The molecule has 1 aliphatic rings. The highest BCUT2D eigenvalue weighted by atomic mass is 19.4. The zero-order valence-corrected chi connectivity index (χ0v) is 17.8. The van der Waals surface area contributed by atoms with Crippen LogP contribution in [-0.2, 0) is 6.18 Å². The summed E-state index contributed by atoms with van der Waals surface area (Å²) in [5.74, 6) is -0.233. The normalized spacial score (nSPS) is 19.3. The zero-order chi connectivity index (χ0) is 23.3. The van der Waals surface area contributed by atoms with Crippen molar-refractivity contribution < 1.29 is 22.9 Å². The number of aromatic amines is 2. The summed E-state index contributed by atoms with van der Waals surface area (Å²) in [5.41, 5.74) is 0.615. The average molecular weight is 455 g/mol. The highest BCUT2D eigenvalue weighted by molar-refractivity contribution is 6.00. The van der Waals surface area contributed by atoms with Crippen molar-refractivity contribution >= 4 is 27.8 Å². The van der Waals surface area contributed by atoms with E-state index in [4.69, 9.17) is 0 Å². The van der Waals surface area contributed by atoms with Gasteiger partial charge in [0.15, 0.2) is 5.43 Å². The number of aromatic nitrogens is 3. The van der Waals surface area contributed by atoms with Gasteiger partial charge in [0.25, 0.3) is 11.6 Å². The van der Waals surface area contributed by atoms with Crippen LogP contribution in [0.2, 0.25) is 0 Å². The highest BCUT2D eigenvalue weighted by Gasteiger charge is 2.34. The first-order chi connectivity index (χ1) is 15.7. The second-order valence-electron chi connectivity index (χ2n) is 8.57. The summed E-state index contributed by atoms with van der Waals surface area (Å²) in [6.45, 7) is 2.88. The number of carbonyl (C=O) groups is 1. The van der Waals surface area contributed by atoms with Crippen LogP contribution in [0.1, 0.15) is 35.3 Å². The Balaban J connectivity index is 1.54. The monoisotopic (exact) mass is 455 g/mol. The Morgan fingerprint density at radius 2 is 2.00 bits per heavy atom. The molecule has 33 heavy (non-hydrogen) atoms. The number of alkyl halides is 3. The molecule has 1 amide bonds. The van der Waals surface area contributed by atoms with E-state index in [-0.39, 0.29) is 23.0 Å². The second kappa shape index (κ2) is 7.75. The number of likely N-dealkylation sites (tertiary alicyclic amines) is 1. The summed E-state index contributed by atoms with van der Waals surface area (Å²) in [7, 11) is 0. The van der Waals surface area contributed by atoms with Crippen LogP contribution in [0.4, 0.5) is 13.2 Å². The number of pyridine rings is 2. The van der Waals surface area contributed by atoms with Gasteiger partial charge in [0.05, 0.1) is 34.1 Å². The molecule has 2 atom stereocenters. The van der Waals surface area contributed by atoms with Crippen molar-refractivity contribution in [3.8, 4) is 0 Å². The Kier molecular flexibility index (Phi) is 4.99. The van der Waals surface area contributed by atoms with E-state index in [1.54, 1.807) is 23.5 Å². The van der Waals surface area contributed by atoms with E-state index in [1.807, 2.05) is 10.6 Å². The number of rotatable bonds is 2. The van der Waals surface area contributed by atoms with E-state index in [0.717, 1.165) is 28.7 Å². The molecule has 6 nitrogen and oxygen atoms in total. The lowest BCUT2D eigenvalue weighted by molar-refractivity contribution is -0.345. The molecule has 0 bridgehead atoms. The van der Waals surface area contributed by atoms with Crippen molar-refractivity contribution in [1.82, 2.24) is 14.5 Å². The molecule has 0 spiro atoms. The van der Waals surface area contributed by atoms with Gasteiger partial charge in [-0.2, -0.15) is 13.2 Å². The Bertz CT molecular complexity index is 1420. The number of hydrogen-bond acceptors (Lipinski definition) is 2. The quantitative estimate of drug-likeness (QED) is 0.496. The summed E-state index contributed by atoms with van der Waals surface area (Å²) in [6, 6.07) is 7.80. The van der Waals surface area contributed by atoms with Gasteiger partial charge in [-0.05, 0) is 36.6 Å². The van der Waals surface area contributed by atoms with Gasteiger partial charge >= 0.3 is 6.18 Å². The molecular weight excluding hydrogens is 433 g/mol. The third-order valence-corrected chi connectivity index (χ3v) is 6.53. The van der Waals surface area contributed by atoms with E-state index in [0.29, 0.717) is 24.9 Å². The van der Waals surface area contributed by atoms with Gasteiger partial charge in [0.1, 0.15) is 6.20 Å². The van der Waals surface area contributed by atoms with Gasteiger partial charge in [-0.1, -0.05) is 13.0 Å². The number of benzene rings is 1. The van der Waals surface area contributed by atoms with Crippen LogP contribution in [0.3, 0.4) is 0 Å². The fourth-order valence-electron chi connectivity index (χ4n) is 4.71. The van der Waals surface area contributed by atoms with E-state index in [1.165, 1.54) is 18.2 Å². The Labute approximate surface area is 186 Å². The van der Waals surface area contributed by atoms with Crippen molar-refractivity contribution in [3.63, 3.8) is 0 Å². The number of fused-ring (bicyclic) bond motifs is 3. The zero-order valence-electron chi connectivity index (χ0n) is 17.8. The molecule has 5 rings (SSSR count). The fourth-order valence-corrected chi connectivity index (χ4v) is 4.71. The first-order valence-electron chi connectivity index (χ1n) is 10.7. The van der Waals surface area contributed by atoms with Crippen molar-refractivity contribution in [2.75, 3.05) is 13.1 Å². The van der Waals surface area contributed by atoms with Crippen LogP contribution in [-0.4, -0.2) is 33.4 Å². The van der Waals surface area contributed by atoms with Crippen LogP contribution in [0.15, 0.2) is 59.8 Å². The van der Waals surface area contributed by atoms with Crippen LogP contribution < -0.4 is 10.4 Å². The first-order valence-corrected chi connectivity index (χ1v) is 10.7. The lowest BCUT2D eigenvalue weighted by Gasteiger charge is -2.39. The largest absolute Gasteiger partial charge is 0.416 e. The number of nitrogens with one attached hydrogen (secondary N) is 2. The molecule has 3 aromatic heterocycles. The maximum absolute atomic E-state index is 13.1.